The lowest BCUT2D eigenvalue weighted by Crippen LogP contribution is -2.46. The second-order valence-electron chi connectivity index (χ2n) is 3.47. The van der Waals surface area contributed by atoms with Crippen molar-refractivity contribution in [2.24, 2.45) is 5.73 Å². The minimum Gasteiger partial charge on any atom is -0.341 e. The molecule has 14 heavy (non-hydrogen) atoms. The Morgan fingerprint density at radius 2 is 2.07 bits per heavy atom. The van der Waals surface area contributed by atoms with Gasteiger partial charge in [-0.15, -0.1) is 0 Å². The van der Waals surface area contributed by atoms with Crippen molar-refractivity contribution in [1.29, 1.82) is 0 Å². The predicted molar refractivity (Wildman–Crippen MR) is 63.5 cm³/mol. The average Bonchev–Trinajstić information content (AvgIpc) is 2.22. The van der Waals surface area contributed by atoms with Crippen molar-refractivity contribution in [3.63, 3.8) is 0 Å². The molecule has 0 aliphatic carbocycles. The molecule has 0 unspecified atom stereocenters. The summed E-state index contributed by atoms with van der Waals surface area (Å²) < 4.78 is 0. The summed E-state index contributed by atoms with van der Waals surface area (Å²) in [6.07, 6.45) is 0.705. The number of nitrogens with two attached hydrogens (primary N) is 1. The zero-order chi connectivity index (χ0) is 11.1. The lowest BCUT2D eigenvalue weighted by Gasteiger charge is -2.26. The van der Waals surface area contributed by atoms with Crippen LogP contribution in [0.5, 0.6) is 0 Å². The zero-order valence-corrected chi connectivity index (χ0v) is 10.4. The van der Waals surface area contributed by atoms with E-state index < -0.39 is 0 Å². The van der Waals surface area contributed by atoms with Crippen LogP contribution >= 0.6 is 11.8 Å². The summed E-state index contributed by atoms with van der Waals surface area (Å²) in [5.74, 6) is 2.12. The largest absolute Gasteiger partial charge is 0.341 e. The first kappa shape index (κ1) is 13.8. The number of hydrogen-bond donors (Lipinski definition) is 1. The van der Waals surface area contributed by atoms with Gasteiger partial charge in [-0.1, -0.05) is 13.8 Å². The van der Waals surface area contributed by atoms with E-state index in [4.69, 9.17) is 5.73 Å². The van der Waals surface area contributed by atoms with E-state index in [0.29, 0.717) is 6.42 Å². The minimum atomic E-state index is -0.339. The molecule has 0 bridgehead atoms. The van der Waals surface area contributed by atoms with Gasteiger partial charge in [-0.2, -0.15) is 11.8 Å². The fourth-order valence-corrected chi connectivity index (χ4v) is 1.85. The van der Waals surface area contributed by atoms with Crippen LogP contribution in [-0.2, 0) is 4.79 Å². The van der Waals surface area contributed by atoms with Gasteiger partial charge in [-0.25, -0.2) is 0 Å². The number of likely N-dealkylation sites (N-methyl/N-ethyl adjacent to an activating group) is 1. The van der Waals surface area contributed by atoms with Gasteiger partial charge in [-0.05, 0) is 19.1 Å². The Kier molecular flexibility index (Phi) is 7.01. The van der Waals surface area contributed by atoms with Crippen molar-refractivity contribution in [1.82, 2.24) is 4.90 Å². The second kappa shape index (κ2) is 7.12. The fourth-order valence-electron chi connectivity index (χ4n) is 1.05. The number of hydrogen-bond acceptors (Lipinski definition) is 3. The monoisotopic (exact) mass is 218 g/mol. The number of amides is 1. The molecule has 1 amide bonds. The molecule has 0 spiro atoms. The van der Waals surface area contributed by atoms with Crippen molar-refractivity contribution in [3.05, 3.63) is 0 Å². The van der Waals surface area contributed by atoms with E-state index in [0.717, 1.165) is 11.5 Å². The van der Waals surface area contributed by atoms with Crippen molar-refractivity contribution in [2.45, 2.75) is 39.3 Å². The molecule has 0 saturated carbocycles. The van der Waals surface area contributed by atoms with Crippen LogP contribution in [-0.4, -0.2) is 41.4 Å². The van der Waals surface area contributed by atoms with E-state index in [1.165, 1.54) is 0 Å². The molecule has 0 heterocycles. The molecule has 4 heteroatoms. The van der Waals surface area contributed by atoms with Gasteiger partial charge in [0.05, 0.1) is 6.04 Å². The summed E-state index contributed by atoms with van der Waals surface area (Å²) in [6.45, 7) is 6.11. The van der Waals surface area contributed by atoms with E-state index in [2.05, 4.69) is 13.8 Å². The molecule has 0 aliphatic heterocycles. The number of thioether (sulfide) groups is 1. The van der Waals surface area contributed by atoms with Crippen LogP contribution in [0.1, 0.15) is 27.2 Å². The Labute approximate surface area is 91.4 Å². The highest BCUT2D eigenvalue weighted by Crippen LogP contribution is 2.08. The Hall–Kier alpha value is -0.220. The molecule has 2 atom stereocenters. The third-order valence-electron chi connectivity index (χ3n) is 2.33. The molecular formula is C10H22N2OS. The highest BCUT2D eigenvalue weighted by molar-refractivity contribution is 7.99. The van der Waals surface area contributed by atoms with E-state index in [9.17, 15) is 4.79 Å². The van der Waals surface area contributed by atoms with Gasteiger partial charge in [0, 0.05) is 18.8 Å². The van der Waals surface area contributed by atoms with Crippen molar-refractivity contribution in [2.75, 3.05) is 18.6 Å². The Balaban J connectivity index is 4.03. The third-order valence-corrected chi connectivity index (χ3v) is 3.46. The Bertz CT molecular complexity index is 176. The number of rotatable bonds is 6. The van der Waals surface area contributed by atoms with Gasteiger partial charge in [-0.3, -0.25) is 4.79 Å². The Morgan fingerprint density at radius 3 is 2.50 bits per heavy atom. The van der Waals surface area contributed by atoms with Crippen LogP contribution in [0.25, 0.3) is 0 Å². The normalized spacial score (nSPS) is 14.9. The van der Waals surface area contributed by atoms with Gasteiger partial charge in [0.25, 0.3) is 0 Å². The molecule has 0 aromatic rings. The number of nitrogens with zero attached hydrogens (tertiary/aromatic N) is 1. The van der Waals surface area contributed by atoms with E-state index >= 15 is 0 Å². The predicted octanol–water partition coefficient (Wildman–Crippen LogP) is 1.32. The summed E-state index contributed by atoms with van der Waals surface area (Å²) in [5.41, 5.74) is 5.69. The minimum absolute atomic E-state index is 0.0525. The van der Waals surface area contributed by atoms with Crippen LogP contribution in [0.4, 0.5) is 0 Å². The maximum atomic E-state index is 11.7. The van der Waals surface area contributed by atoms with Gasteiger partial charge in [0.1, 0.15) is 0 Å². The molecule has 3 nitrogen and oxygen atoms in total. The van der Waals surface area contributed by atoms with Gasteiger partial charge in [0.2, 0.25) is 5.91 Å². The zero-order valence-electron chi connectivity index (χ0n) is 9.62. The van der Waals surface area contributed by atoms with E-state index in [-0.39, 0.29) is 18.0 Å². The molecule has 0 saturated heterocycles. The van der Waals surface area contributed by atoms with Crippen LogP contribution in [0.2, 0.25) is 0 Å². The quantitative estimate of drug-likeness (QED) is 0.731. The van der Waals surface area contributed by atoms with Gasteiger partial charge >= 0.3 is 0 Å². The average molecular weight is 218 g/mol. The molecule has 0 aromatic heterocycles. The van der Waals surface area contributed by atoms with Crippen LogP contribution in [0.3, 0.4) is 0 Å². The SMILES string of the molecule is CCSC[C@@H](C)N(C)C(=O)[C@@H](N)CC. The van der Waals surface area contributed by atoms with Crippen molar-refractivity contribution < 1.29 is 4.79 Å². The van der Waals surface area contributed by atoms with Crippen LogP contribution in [0, 0.1) is 0 Å². The van der Waals surface area contributed by atoms with Crippen molar-refractivity contribution >= 4 is 17.7 Å². The first-order chi connectivity index (χ1) is 6.54. The molecule has 2 N–H and O–H groups in total. The summed E-state index contributed by atoms with van der Waals surface area (Å²) in [6, 6.07) is -0.0703. The highest BCUT2D eigenvalue weighted by Gasteiger charge is 2.20. The van der Waals surface area contributed by atoms with E-state index in [1.807, 2.05) is 25.7 Å². The van der Waals surface area contributed by atoms with Gasteiger partial charge in [0.15, 0.2) is 0 Å². The van der Waals surface area contributed by atoms with Crippen LogP contribution in [0.15, 0.2) is 0 Å². The summed E-state index contributed by atoms with van der Waals surface area (Å²) in [5, 5.41) is 0. The lowest BCUT2D eigenvalue weighted by atomic mass is 10.2. The smallest absolute Gasteiger partial charge is 0.239 e. The first-order valence-corrected chi connectivity index (χ1v) is 6.30. The summed E-state index contributed by atoms with van der Waals surface area (Å²) in [4.78, 5) is 13.4. The van der Waals surface area contributed by atoms with E-state index in [1.54, 1.807) is 4.90 Å². The Morgan fingerprint density at radius 1 is 1.50 bits per heavy atom. The molecule has 0 rings (SSSR count). The molecule has 84 valence electrons. The first-order valence-electron chi connectivity index (χ1n) is 5.14. The lowest BCUT2D eigenvalue weighted by molar-refractivity contribution is -0.132. The number of carbonyl (C=O) groups is 1. The highest BCUT2D eigenvalue weighted by atomic mass is 32.2. The maximum absolute atomic E-state index is 11.7. The molecule has 0 aliphatic rings. The maximum Gasteiger partial charge on any atom is 0.239 e. The molecule has 0 aromatic carbocycles. The standard InChI is InChI=1S/C10H22N2OS/c1-5-9(11)10(13)12(4)8(3)7-14-6-2/h8-9H,5-7,11H2,1-4H3/t8-,9+/m1/s1. The third kappa shape index (κ3) is 4.33. The summed E-state index contributed by atoms with van der Waals surface area (Å²) >= 11 is 1.85. The molecule has 0 radical (unpaired) electrons. The number of carbonyl (C=O) groups excluding carboxylic acids is 1. The summed E-state index contributed by atoms with van der Waals surface area (Å²) in [7, 11) is 1.83. The topological polar surface area (TPSA) is 46.3 Å². The van der Waals surface area contributed by atoms with Crippen LogP contribution < -0.4 is 5.73 Å². The second-order valence-corrected chi connectivity index (χ2v) is 4.79. The molecule has 0 fully saturated rings. The fraction of sp³-hybridized carbons (Fsp3) is 0.900. The van der Waals surface area contributed by atoms with Gasteiger partial charge < -0.3 is 10.6 Å². The van der Waals surface area contributed by atoms with Crippen molar-refractivity contribution in [3.8, 4) is 0 Å². The molecular weight excluding hydrogens is 196 g/mol.